The highest BCUT2D eigenvalue weighted by molar-refractivity contribution is 6.23. The van der Waals surface area contributed by atoms with Gasteiger partial charge < -0.3 is 9.64 Å². The van der Waals surface area contributed by atoms with Gasteiger partial charge in [-0.2, -0.15) is 0 Å². The number of anilines is 1. The van der Waals surface area contributed by atoms with Crippen LogP contribution in [0.15, 0.2) is 24.3 Å². The lowest BCUT2D eigenvalue weighted by Gasteiger charge is -2.36. The fraction of sp³-hybridized carbons (Fsp3) is 0.565. The Bertz CT molecular complexity index is 813. The summed E-state index contributed by atoms with van der Waals surface area (Å²) in [6.45, 7) is 5.23. The van der Waals surface area contributed by atoms with Gasteiger partial charge in [-0.25, -0.2) is 4.90 Å². The second kappa shape index (κ2) is 9.41. The van der Waals surface area contributed by atoms with Crippen molar-refractivity contribution in [1.82, 2.24) is 4.90 Å². The molecule has 2 unspecified atom stereocenters. The van der Waals surface area contributed by atoms with E-state index >= 15 is 0 Å². The second-order valence-electron chi connectivity index (χ2n) is 8.21. The van der Waals surface area contributed by atoms with Crippen LogP contribution in [-0.2, 0) is 19.2 Å². The smallest absolute Gasteiger partial charge is 0.308 e. The molecule has 1 saturated carbocycles. The minimum absolute atomic E-state index is 0.00209. The van der Waals surface area contributed by atoms with Crippen LogP contribution in [-0.4, -0.2) is 40.7 Å². The predicted molar refractivity (Wildman–Crippen MR) is 112 cm³/mol. The fourth-order valence-electron chi connectivity index (χ4n) is 4.37. The van der Waals surface area contributed by atoms with E-state index in [0.717, 1.165) is 37.0 Å². The molecule has 3 amide bonds. The maximum Gasteiger partial charge on any atom is 0.308 e. The summed E-state index contributed by atoms with van der Waals surface area (Å²) in [6.07, 6.45) is 5.61. The fourth-order valence-corrected chi connectivity index (χ4v) is 4.37. The summed E-state index contributed by atoms with van der Waals surface area (Å²) < 4.78 is 5.01. The number of hydrogen-bond acceptors (Lipinski definition) is 5. The molecule has 0 bridgehead atoms. The van der Waals surface area contributed by atoms with Crippen LogP contribution in [0.2, 0.25) is 0 Å². The molecule has 7 heteroatoms. The molecular weight excluding hydrogens is 384 g/mol. The summed E-state index contributed by atoms with van der Waals surface area (Å²) in [5, 5.41) is 0. The molecule has 1 aliphatic heterocycles. The van der Waals surface area contributed by atoms with Gasteiger partial charge in [-0.1, -0.05) is 26.2 Å². The Kier molecular flexibility index (Phi) is 6.90. The monoisotopic (exact) mass is 414 g/mol. The van der Waals surface area contributed by atoms with Gasteiger partial charge in [0.15, 0.2) is 0 Å². The highest BCUT2D eigenvalue weighted by Gasteiger charge is 2.46. The number of carbonyl (C=O) groups excluding carboxylic acids is 4. The Morgan fingerprint density at radius 1 is 1.13 bits per heavy atom. The van der Waals surface area contributed by atoms with Gasteiger partial charge in [-0.3, -0.25) is 19.2 Å². The lowest BCUT2D eigenvalue weighted by Crippen LogP contribution is -2.52. The first kappa shape index (κ1) is 22.0. The van der Waals surface area contributed by atoms with Crippen molar-refractivity contribution in [1.29, 1.82) is 0 Å². The zero-order chi connectivity index (χ0) is 21.8. The van der Waals surface area contributed by atoms with Gasteiger partial charge in [0.2, 0.25) is 11.8 Å². The second-order valence-corrected chi connectivity index (χ2v) is 8.21. The third-order valence-electron chi connectivity index (χ3n) is 6.09. The van der Waals surface area contributed by atoms with Crippen LogP contribution in [0, 0.1) is 5.92 Å². The molecule has 0 spiro atoms. The zero-order valence-corrected chi connectivity index (χ0v) is 17.9. The van der Waals surface area contributed by atoms with Gasteiger partial charge in [0.05, 0.1) is 12.1 Å². The minimum atomic E-state index is -0.768. The zero-order valence-electron chi connectivity index (χ0n) is 17.9. The Hall–Kier alpha value is -2.70. The van der Waals surface area contributed by atoms with Crippen LogP contribution in [0.4, 0.5) is 5.69 Å². The van der Waals surface area contributed by atoms with Gasteiger partial charge in [0.25, 0.3) is 5.91 Å². The number of amides is 3. The first-order valence-electron chi connectivity index (χ1n) is 10.8. The molecule has 0 N–H and O–H groups in total. The Balaban J connectivity index is 1.82. The summed E-state index contributed by atoms with van der Waals surface area (Å²) in [5.74, 6) is -0.855. The van der Waals surface area contributed by atoms with Crippen molar-refractivity contribution >= 4 is 29.4 Å². The summed E-state index contributed by atoms with van der Waals surface area (Å²) in [6, 6.07) is 5.36. The van der Waals surface area contributed by atoms with E-state index in [-0.39, 0.29) is 36.1 Å². The van der Waals surface area contributed by atoms with E-state index in [1.54, 1.807) is 29.2 Å². The summed E-state index contributed by atoms with van der Waals surface area (Å²) in [4.78, 5) is 53.2. The molecule has 3 rings (SSSR count). The highest BCUT2D eigenvalue weighted by atomic mass is 16.5. The largest absolute Gasteiger partial charge is 0.427 e. The maximum atomic E-state index is 13.3. The SMILES string of the molecule is CCC(C)N(C(=O)C1CCCCC1)C1CC(=O)N(c2ccc(OC(C)=O)cc2)C1=O. The number of esters is 1. The summed E-state index contributed by atoms with van der Waals surface area (Å²) in [7, 11) is 0. The van der Waals surface area contributed by atoms with E-state index in [1.165, 1.54) is 6.92 Å². The molecule has 0 radical (unpaired) electrons. The first-order chi connectivity index (χ1) is 14.3. The number of nitrogens with zero attached hydrogens (tertiary/aromatic N) is 2. The van der Waals surface area contributed by atoms with Crippen molar-refractivity contribution in [2.45, 2.75) is 77.8 Å². The molecule has 2 aliphatic rings. The number of carbonyl (C=O) groups is 4. The average Bonchev–Trinajstić information content (AvgIpc) is 3.02. The van der Waals surface area contributed by atoms with Crippen LogP contribution in [0.3, 0.4) is 0 Å². The molecule has 2 atom stereocenters. The molecular formula is C23H30N2O5. The van der Waals surface area contributed by atoms with Gasteiger partial charge >= 0.3 is 5.97 Å². The molecule has 30 heavy (non-hydrogen) atoms. The minimum Gasteiger partial charge on any atom is -0.427 e. The van der Waals surface area contributed by atoms with Gasteiger partial charge in [0, 0.05) is 18.9 Å². The number of imide groups is 1. The topological polar surface area (TPSA) is 84.0 Å². The molecule has 7 nitrogen and oxygen atoms in total. The van der Waals surface area contributed by atoms with Gasteiger partial charge in [0.1, 0.15) is 11.8 Å². The van der Waals surface area contributed by atoms with Crippen molar-refractivity contribution in [2.75, 3.05) is 4.90 Å². The molecule has 1 heterocycles. The van der Waals surface area contributed by atoms with E-state index in [2.05, 4.69) is 0 Å². The lowest BCUT2D eigenvalue weighted by molar-refractivity contribution is -0.145. The van der Waals surface area contributed by atoms with Crippen molar-refractivity contribution < 1.29 is 23.9 Å². The average molecular weight is 415 g/mol. The molecule has 162 valence electrons. The third-order valence-corrected chi connectivity index (χ3v) is 6.09. The highest BCUT2D eigenvalue weighted by Crippen LogP contribution is 2.32. The third kappa shape index (κ3) is 4.55. The predicted octanol–water partition coefficient (Wildman–Crippen LogP) is 3.45. The van der Waals surface area contributed by atoms with Crippen LogP contribution < -0.4 is 9.64 Å². The summed E-state index contributed by atoms with van der Waals surface area (Å²) in [5.41, 5.74) is 0.414. The van der Waals surface area contributed by atoms with Crippen LogP contribution in [0.25, 0.3) is 0 Å². The molecule has 1 aromatic carbocycles. The quantitative estimate of drug-likeness (QED) is 0.404. The molecule has 1 aromatic rings. The van der Waals surface area contributed by atoms with E-state index in [4.69, 9.17) is 4.74 Å². The van der Waals surface area contributed by atoms with Gasteiger partial charge in [-0.15, -0.1) is 0 Å². The van der Waals surface area contributed by atoms with Crippen LogP contribution in [0.1, 0.15) is 65.7 Å². The Morgan fingerprint density at radius 3 is 2.33 bits per heavy atom. The Morgan fingerprint density at radius 2 is 1.77 bits per heavy atom. The first-order valence-corrected chi connectivity index (χ1v) is 10.8. The van der Waals surface area contributed by atoms with Crippen molar-refractivity contribution in [2.24, 2.45) is 5.92 Å². The van der Waals surface area contributed by atoms with Crippen molar-refractivity contribution in [3.8, 4) is 5.75 Å². The van der Waals surface area contributed by atoms with E-state index < -0.39 is 12.0 Å². The number of rotatable bonds is 6. The van der Waals surface area contributed by atoms with E-state index in [9.17, 15) is 19.2 Å². The van der Waals surface area contributed by atoms with Crippen LogP contribution in [0.5, 0.6) is 5.75 Å². The maximum absolute atomic E-state index is 13.3. The van der Waals surface area contributed by atoms with Crippen molar-refractivity contribution in [3.63, 3.8) is 0 Å². The van der Waals surface area contributed by atoms with Gasteiger partial charge in [-0.05, 0) is 50.5 Å². The van der Waals surface area contributed by atoms with Crippen LogP contribution >= 0.6 is 0 Å². The number of hydrogen-bond donors (Lipinski definition) is 0. The van der Waals surface area contributed by atoms with E-state index in [0.29, 0.717) is 17.9 Å². The number of ether oxygens (including phenoxy) is 1. The molecule has 2 fully saturated rings. The Labute approximate surface area is 177 Å². The summed E-state index contributed by atoms with van der Waals surface area (Å²) >= 11 is 0. The normalized spacial score (nSPS) is 20.9. The molecule has 1 saturated heterocycles. The lowest BCUT2D eigenvalue weighted by atomic mass is 9.87. The molecule has 0 aromatic heterocycles. The standard InChI is InChI=1S/C23H30N2O5/c1-4-15(2)24(22(28)17-8-6-5-7-9-17)20-14-21(27)25(23(20)29)18-10-12-19(13-11-18)30-16(3)26/h10-13,15,17,20H,4-9,14H2,1-3H3. The van der Waals surface area contributed by atoms with Crippen molar-refractivity contribution in [3.05, 3.63) is 24.3 Å². The van der Waals surface area contributed by atoms with E-state index in [1.807, 2.05) is 13.8 Å². The molecule has 1 aliphatic carbocycles. The number of benzene rings is 1.